The lowest BCUT2D eigenvalue weighted by Gasteiger charge is -2.22. The van der Waals surface area contributed by atoms with Crippen LogP contribution in [0.4, 0.5) is 13.2 Å². The van der Waals surface area contributed by atoms with Crippen molar-refractivity contribution in [1.29, 1.82) is 0 Å². The van der Waals surface area contributed by atoms with Crippen molar-refractivity contribution in [3.05, 3.63) is 35.9 Å². The highest BCUT2D eigenvalue weighted by Crippen LogP contribution is 2.46. The van der Waals surface area contributed by atoms with Crippen LogP contribution in [0.3, 0.4) is 0 Å². The smallest absolute Gasteiger partial charge is 0.300 e. The van der Waals surface area contributed by atoms with Crippen molar-refractivity contribution in [3.8, 4) is 0 Å². The van der Waals surface area contributed by atoms with E-state index in [4.69, 9.17) is 5.50 Å². The average Bonchev–Trinajstić information content (AvgIpc) is 2.13. The first-order valence-electron chi connectivity index (χ1n) is 4.36. The van der Waals surface area contributed by atoms with Gasteiger partial charge in [-0.25, -0.2) is 0 Å². The van der Waals surface area contributed by atoms with Gasteiger partial charge in [0.15, 0.2) is 6.10 Å². The molecule has 2 atom stereocenters. The Morgan fingerprint density at radius 3 is 2.19 bits per heavy atom. The van der Waals surface area contributed by atoms with Gasteiger partial charge in [0, 0.05) is 6.66 Å². The fourth-order valence-corrected chi connectivity index (χ4v) is 1.81. The molecule has 0 saturated heterocycles. The van der Waals surface area contributed by atoms with Crippen LogP contribution in [-0.2, 0) is 9.09 Å². The van der Waals surface area contributed by atoms with Crippen LogP contribution in [0.2, 0.25) is 0 Å². The molecule has 0 bridgehead atoms. The lowest BCUT2D eigenvalue weighted by atomic mass is 10.1. The zero-order chi connectivity index (χ0) is 12.4. The van der Waals surface area contributed by atoms with E-state index in [9.17, 15) is 17.7 Å². The number of nitrogens with two attached hydrogens (primary N) is 1. The van der Waals surface area contributed by atoms with Crippen LogP contribution in [-0.4, -0.2) is 12.8 Å². The van der Waals surface area contributed by atoms with E-state index in [0.29, 0.717) is 0 Å². The van der Waals surface area contributed by atoms with Crippen molar-refractivity contribution in [2.75, 3.05) is 6.66 Å². The summed E-state index contributed by atoms with van der Waals surface area (Å²) in [4.78, 5) is 0. The fraction of sp³-hybridized carbons (Fsp3) is 0.333. The molecule has 0 fully saturated rings. The second-order valence-corrected chi connectivity index (χ2v) is 5.37. The first-order chi connectivity index (χ1) is 7.20. The van der Waals surface area contributed by atoms with Gasteiger partial charge < -0.3 is 4.52 Å². The Labute approximate surface area is 90.9 Å². The summed E-state index contributed by atoms with van der Waals surface area (Å²) < 4.78 is 53.4. The maximum absolute atomic E-state index is 12.6. The normalized spacial score (nSPS) is 17.8. The van der Waals surface area contributed by atoms with Gasteiger partial charge in [0.1, 0.15) is 0 Å². The highest BCUT2D eigenvalue weighted by molar-refractivity contribution is 7.55. The van der Waals surface area contributed by atoms with Crippen LogP contribution in [0.1, 0.15) is 11.7 Å². The van der Waals surface area contributed by atoms with E-state index in [-0.39, 0.29) is 5.56 Å². The van der Waals surface area contributed by atoms with Crippen LogP contribution in [0.5, 0.6) is 0 Å². The van der Waals surface area contributed by atoms with Crippen molar-refractivity contribution in [1.82, 2.24) is 0 Å². The summed E-state index contributed by atoms with van der Waals surface area (Å²) >= 11 is 0. The lowest BCUT2D eigenvalue weighted by Crippen LogP contribution is -2.23. The van der Waals surface area contributed by atoms with Crippen molar-refractivity contribution in [2.24, 2.45) is 5.50 Å². The standard InChI is InChI=1S/C9H11F3NO2P/c1-16(13,14)15-8(9(10,11)12)7-5-3-2-4-6-7/h2-6,8H,1H3,(H2,13,14). The monoisotopic (exact) mass is 253 g/mol. The maximum Gasteiger partial charge on any atom is 0.419 e. The minimum Gasteiger partial charge on any atom is -0.300 e. The van der Waals surface area contributed by atoms with Crippen molar-refractivity contribution in [2.45, 2.75) is 12.3 Å². The predicted molar refractivity (Wildman–Crippen MR) is 54.0 cm³/mol. The SMILES string of the molecule is CP(N)(=O)OC(c1ccccc1)C(F)(F)F. The molecule has 0 aromatic heterocycles. The molecule has 7 heteroatoms. The second kappa shape index (κ2) is 4.57. The molecule has 90 valence electrons. The van der Waals surface area contributed by atoms with E-state index in [1.54, 1.807) is 6.07 Å². The molecule has 0 spiro atoms. The number of halogens is 3. The van der Waals surface area contributed by atoms with E-state index < -0.39 is 19.8 Å². The third kappa shape index (κ3) is 3.96. The molecule has 1 aromatic carbocycles. The summed E-state index contributed by atoms with van der Waals surface area (Å²) in [7, 11) is -3.70. The summed E-state index contributed by atoms with van der Waals surface area (Å²) in [5.74, 6) is 0. The van der Waals surface area contributed by atoms with E-state index in [1.807, 2.05) is 0 Å². The Morgan fingerprint density at radius 1 is 1.31 bits per heavy atom. The van der Waals surface area contributed by atoms with Gasteiger partial charge in [-0.05, 0) is 5.56 Å². The third-order valence-electron chi connectivity index (χ3n) is 1.71. The van der Waals surface area contributed by atoms with Crippen molar-refractivity contribution >= 4 is 7.52 Å². The molecule has 0 saturated carbocycles. The molecule has 0 aliphatic carbocycles. The molecule has 2 unspecified atom stereocenters. The van der Waals surface area contributed by atoms with Gasteiger partial charge in [-0.2, -0.15) is 13.2 Å². The Kier molecular flexibility index (Phi) is 3.78. The second-order valence-electron chi connectivity index (χ2n) is 3.35. The van der Waals surface area contributed by atoms with Crippen molar-refractivity contribution < 1.29 is 22.3 Å². The third-order valence-corrected chi connectivity index (χ3v) is 2.34. The molecule has 0 amide bonds. The number of hydrogen-bond acceptors (Lipinski definition) is 2. The van der Waals surface area contributed by atoms with Crippen LogP contribution in [0, 0.1) is 0 Å². The zero-order valence-electron chi connectivity index (χ0n) is 8.44. The molecule has 2 N–H and O–H groups in total. The van der Waals surface area contributed by atoms with Gasteiger partial charge in [0.2, 0.25) is 0 Å². The van der Waals surface area contributed by atoms with Gasteiger partial charge in [0.05, 0.1) is 0 Å². The molecular formula is C9H11F3NO2P. The summed E-state index contributed by atoms with van der Waals surface area (Å²) in [5.41, 5.74) is 4.88. The fourth-order valence-electron chi connectivity index (χ4n) is 1.15. The largest absolute Gasteiger partial charge is 0.419 e. The van der Waals surface area contributed by atoms with Crippen molar-refractivity contribution in [3.63, 3.8) is 0 Å². The number of benzene rings is 1. The molecule has 1 aromatic rings. The van der Waals surface area contributed by atoms with Crippen LogP contribution in [0.25, 0.3) is 0 Å². The first-order valence-corrected chi connectivity index (χ1v) is 6.50. The Morgan fingerprint density at radius 2 is 1.81 bits per heavy atom. The number of alkyl halides is 3. The van der Waals surface area contributed by atoms with Gasteiger partial charge in [-0.3, -0.25) is 10.1 Å². The molecule has 0 aliphatic rings. The van der Waals surface area contributed by atoms with Gasteiger partial charge in [0.25, 0.3) is 7.52 Å². The Bertz CT molecular complexity index is 387. The van der Waals surface area contributed by atoms with E-state index in [0.717, 1.165) is 6.66 Å². The molecule has 0 aliphatic heterocycles. The van der Waals surface area contributed by atoms with Gasteiger partial charge in [-0.1, -0.05) is 30.3 Å². The van der Waals surface area contributed by atoms with E-state index in [2.05, 4.69) is 4.52 Å². The first kappa shape index (κ1) is 13.2. The minimum atomic E-state index is -4.65. The topological polar surface area (TPSA) is 52.3 Å². The molecule has 3 nitrogen and oxygen atoms in total. The van der Waals surface area contributed by atoms with Gasteiger partial charge >= 0.3 is 6.18 Å². The average molecular weight is 253 g/mol. The molecule has 0 heterocycles. The molecular weight excluding hydrogens is 242 g/mol. The zero-order valence-corrected chi connectivity index (χ0v) is 9.33. The molecule has 1 rings (SSSR count). The summed E-state index contributed by atoms with van der Waals surface area (Å²) in [6.45, 7) is 0.939. The quantitative estimate of drug-likeness (QED) is 0.842. The van der Waals surface area contributed by atoms with Crippen LogP contribution in [0.15, 0.2) is 30.3 Å². The Balaban J connectivity index is 3.03. The summed E-state index contributed by atoms with van der Waals surface area (Å²) in [6, 6.07) is 6.94. The van der Waals surface area contributed by atoms with Gasteiger partial charge in [-0.15, -0.1) is 0 Å². The highest BCUT2D eigenvalue weighted by atomic mass is 31.2. The van der Waals surface area contributed by atoms with E-state index in [1.165, 1.54) is 24.3 Å². The molecule has 16 heavy (non-hydrogen) atoms. The highest BCUT2D eigenvalue weighted by Gasteiger charge is 2.44. The maximum atomic E-state index is 12.6. The van der Waals surface area contributed by atoms with Crippen LogP contribution < -0.4 is 5.50 Å². The lowest BCUT2D eigenvalue weighted by molar-refractivity contribution is -0.197. The van der Waals surface area contributed by atoms with E-state index >= 15 is 0 Å². The van der Waals surface area contributed by atoms with Crippen LogP contribution >= 0.6 is 7.52 Å². The molecule has 0 radical (unpaired) electrons. The summed E-state index contributed by atoms with van der Waals surface area (Å²) in [5, 5.41) is 0. The predicted octanol–water partition coefficient (Wildman–Crippen LogP) is 3.09. The Hall–Kier alpha value is -0.840. The minimum absolute atomic E-state index is 0.123. The number of rotatable bonds is 3. The summed E-state index contributed by atoms with van der Waals surface area (Å²) in [6.07, 6.45) is -6.90. The number of hydrogen-bond donors (Lipinski definition) is 1.